The minimum atomic E-state index is -0.412. The SMILES string of the molecule is CCCCCCCCCc1ccc(C(=O)Oc2cnc(-c3ccc(CCCC)cc3)cn2)cc1. The van der Waals surface area contributed by atoms with E-state index >= 15 is 0 Å². The molecule has 0 saturated carbocycles. The summed E-state index contributed by atoms with van der Waals surface area (Å²) in [6.45, 7) is 4.45. The van der Waals surface area contributed by atoms with E-state index in [1.807, 2.05) is 24.3 Å². The predicted molar refractivity (Wildman–Crippen MR) is 139 cm³/mol. The molecule has 4 nitrogen and oxygen atoms in total. The lowest BCUT2D eigenvalue weighted by molar-refractivity contribution is 0.0727. The monoisotopic (exact) mass is 458 g/mol. The van der Waals surface area contributed by atoms with E-state index in [2.05, 4.69) is 48.1 Å². The van der Waals surface area contributed by atoms with Crippen LogP contribution in [0.3, 0.4) is 0 Å². The Hall–Kier alpha value is -3.01. The van der Waals surface area contributed by atoms with Crippen LogP contribution in [0, 0.1) is 0 Å². The van der Waals surface area contributed by atoms with E-state index in [0.29, 0.717) is 5.56 Å². The summed E-state index contributed by atoms with van der Waals surface area (Å²) >= 11 is 0. The zero-order valence-corrected chi connectivity index (χ0v) is 20.8. The highest BCUT2D eigenvalue weighted by atomic mass is 16.5. The molecule has 0 N–H and O–H groups in total. The molecule has 0 aliphatic rings. The molecular formula is C30H38N2O2. The first-order valence-corrected chi connectivity index (χ1v) is 12.9. The molecule has 0 bridgehead atoms. The molecule has 3 rings (SSSR count). The number of aromatic nitrogens is 2. The van der Waals surface area contributed by atoms with Crippen molar-refractivity contribution in [1.82, 2.24) is 9.97 Å². The Morgan fingerprint density at radius 3 is 1.88 bits per heavy atom. The molecule has 1 aromatic heterocycles. The minimum absolute atomic E-state index is 0.209. The Bertz CT molecular complexity index is 980. The third kappa shape index (κ3) is 8.40. The van der Waals surface area contributed by atoms with Crippen molar-refractivity contribution < 1.29 is 9.53 Å². The largest absolute Gasteiger partial charge is 0.402 e. The number of aryl methyl sites for hydroxylation is 2. The number of unbranched alkanes of at least 4 members (excludes halogenated alkanes) is 7. The fourth-order valence-corrected chi connectivity index (χ4v) is 3.99. The first-order chi connectivity index (χ1) is 16.7. The summed E-state index contributed by atoms with van der Waals surface area (Å²) in [5.74, 6) is -0.203. The van der Waals surface area contributed by atoms with E-state index in [4.69, 9.17) is 4.74 Å². The number of carbonyl (C=O) groups excluding carboxylic acids is 1. The Labute approximate surface area is 204 Å². The fourth-order valence-electron chi connectivity index (χ4n) is 3.99. The number of benzene rings is 2. The maximum atomic E-state index is 12.5. The van der Waals surface area contributed by atoms with Gasteiger partial charge in [0.05, 0.1) is 23.7 Å². The van der Waals surface area contributed by atoms with Gasteiger partial charge < -0.3 is 4.74 Å². The summed E-state index contributed by atoms with van der Waals surface area (Å²) in [7, 11) is 0. The van der Waals surface area contributed by atoms with Crippen LogP contribution < -0.4 is 4.74 Å². The lowest BCUT2D eigenvalue weighted by atomic mass is 10.0. The van der Waals surface area contributed by atoms with E-state index in [-0.39, 0.29) is 5.88 Å². The zero-order valence-electron chi connectivity index (χ0n) is 20.8. The Morgan fingerprint density at radius 1 is 0.676 bits per heavy atom. The number of hydrogen-bond donors (Lipinski definition) is 0. The van der Waals surface area contributed by atoms with Crippen LogP contribution in [0.5, 0.6) is 5.88 Å². The molecule has 180 valence electrons. The van der Waals surface area contributed by atoms with Crippen molar-refractivity contribution in [1.29, 1.82) is 0 Å². The zero-order chi connectivity index (χ0) is 24.0. The minimum Gasteiger partial charge on any atom is -0.402 e. The molecule has 0 saturated heterocycles. The standard InChI is InChI=1S/C30H38N2O2/c1-3-5-7-8-9-10-11-13-25-16-20-27(21-17-25)30(33)34-29-23-31-28(22-32-29)26-18-14-24(15-19-26)12-6-4-2/h14-23H,3-13H2,1-2H3. The number of carbonyl (C=O) groups is 1. The van der Waals surface area contributed by atoms with Gasteiger partial charge in [0.2, 0.25) is 5.88 Å². The highest BCUT2D eigenvalue weighted by Crippen LogP contribution is 2.20. The van der Waals surface area contributed by atoms with E-state index in [0.717, 1.165) is 24.1 Å². The number of ether oxygens (including phenoxy) is 1. The van der Waals surface area contributed by atoms with Crippen LogP contribution in [-0.2, 0) is 12.8 Å². The van der Waals surface area contributed by atoms with E-state index < -0.39 is 5.97 Å². The van der Waals surface area contributed by atoms with Crippen LogP contribution in [0.25, 0.3) is 11.3 Å². The molecule has 0 radical (unpaired) electrons. The molecule has 0 aliphatic carbocycles. The van der Waals surface area contributed by atoms with Gasteiger partial charge in [-0.1, -0.05) is 95.2 Å². The smallest absolute Gasteiger partial charge is 0.344 e. The van der Waals surface area contributed by atoms with Gasteiger partial charge in [-0.25, -0.2) is 14.8 Å². The second-order valence-corrected chi connectivity index (χ2v) is 9.00. The first-order valence-electron chi connectivity index (χ1n) is 12.9. The van der Waals surface area contributed by atoms with Gasteiger partial charge in [-0.3, -0.25) is 0 Å². The second kappa shape index (κ2) is 14.3. The van der Waals surface area contributed by atoms with E-state index in [9.17, 15) is 4.79 Å². The van der Waals surface area contributed by atoms with Gasteiger partial charge in [0.15, 0.2) is 0 Å². The number of hydrogen-bond acceptors (Lipinski definition) is 4. The van der Waals surface area contributed by atoms with Crippen molar-refractivity contribution in [2.24, 2.45) is 0 Å². The topological polar surface area (TPSA) is 52.1 Å². The third-order valence-electron chi connectivity index (χ3n) is 6.15. The van der Waals surface area contributed by atoms with Gasteiger partial charge in [-0.05, 0) is 48.9 Å². The van der Waals surface area contributed by atoms with Crippen molar-refractivity contribution >= 4 is 5.97 Å². The Morgan fingerprint density at radius 2 is 1.26 bits per heavy atom. The number of esters is 1. The van der Waals surface area contributed by atoms with Crippen molar-refractivity contribution in [2.45, 2.75) is 84.5 Å². The van der Waals surface area contributed by atoms with Gasteiger partial charge in [-0.15, -0.1) is 0 Å². The van der Waals surface area contributed by atoms with E-state index in [1.165, 1.54) is 75.1 Å². The van der Waals surface area contributed by atoms with Crippen LogP contribution >= 0.6 is 0 Å². The molecular weight excluding hydrogens is 420 g/mol. The van der Waals surface area contributed by atoms with Gasteiger partial charge >= 0.3 is 5.97 Å². The fraction of sp³-hybridized carbons (Fsp3) is 0.433. The lowest BCUT2D eigenvalue weighted by Crippen LogP contribution is -2.09. The van der Waals surface area contributed by atoms with Gasteiger partial charge in [-0.2, -0.15) is 0 Å². The summed E-state index contributed by atoms with van der Waals surface area (Å²) < 4.78 is 5.43. The number of nitrogens with zero attached hydrogens (tertiary/aromatic N) is 2. The lowest BCUT2D eigenvalue weighted by Gasteiger charge is -2.07. The molecule has 0 atom stereocenters. The highest BCUT2D eigenvalue weighted by molar-refractivity contribution is 5.90. The van der Waals surface area contributed by atoms with Crippen molar-refractivity contribution in [2.75, 3.05) is 0 Å². The molecule has 0 aliphatic heterocycles. The molecule has 4 heteroatoms. The summed E-state index contributed by atoms with van der Waals surface area (Å²) in [5.41, 5.74) is 4.88. The molecule has 0 spiro atoms. The van der Waals surface area contributed by atoms with E-state index in [1.54, 1.807) is 6.20 Å². The van der Waals surface area contributed by atoms with Crippen LogP contribution in [-0.4, -0.2) is 15.9 Å². The van der Waals surface area contributed by atoms with Gasteiger partial charge in [0.25, 0.3) is 0 Å². The second-order valence-electron chi connectivity index (χ2n) is 9.00. The Kier molecular flexibility index (Phi) is 10.8. The molecule has 3 aromatic rings. The van der Waals surface area contributed by atoms with Crippen LogP contribution in [0.4, 0.5) is 0 Å². The average molecular weight is 459 g/mol. The summed E-state index contributed by atoms with van der Waals surface area (Å²) in [5, 5.41) is 0. The molecule has 0 amide bonds. The van der Waals surface area contributed by atoms with Crippen molar-refractivity contribution in [3.05, 3.63) is 77.6 Å². The maximum Gasteiger partial charge on any atom is 0.344 e. The maximum absolute atomic E-state index is 12.5. The van der Waals surface area contributed by atoms with Crippen molar-refractivity contribution in [3.63, 3.8) is 0 Å². The van der Waals surface area contributed by atoms with Crippen LogP contribution in [0.2, 0.25) is 0 Å². The van der Waals surface area contributed by atoms with Crippen LogP contribution in [0.1, 0.15) is 93.1 Å². The van der Waals surface area contributed by atoms with Crippen molar-refractivity contribution in [3.8, 4) is 17.1 Å². The quantitative estimate of drug-likeness (QED) is 0.181. The average Bonchev–Trinajstić information content (AvgIpc) is 2.88. The van der Waals surface area contributed by atoms with Crippen LogP contribution in [0.15, 0.2) is 60.9 Å². The molecule has 34 heavy (non-hydrogen) atoms. The third-order valence-corrected chi connectivity index (χ3v) is 6.15. The summed E-state index contributed by atoms with van der Waals surface area (Å²) in [6, 6.07) is 16.1. The molecule has 0 fully saturated rings. The number of rotatable bonds is 14. The molecule has 0 unspecified atom stereocenters. The first kappa shape index (κ1) is 25.6. The highest BCUT2D eigenvalue weighted by Gasteiger charge is 2.10. The Balaban J connectivity index is 1.46. The molecule has 1 heterocycles. The summed E-state index contributed by atoms with van der Waals surface area (Å²) in [4.78, 5) is 21.2. The predicted octanol–water partition coefficient (Wildman–Crippen LogP) is 8.00. The summed E-state index contributed by atoms with van der Waals surface area (Å²) in [6.07, 6.45) is 16.8. The normalized spacial score (nSPS) is 10.9. The molecule has 2 aromatic carbocycles. The van der Waals surface area contributed by atoms with Gasteiger partial charge in [0.1, 0.15) is 0 Å². The van der Waals surface area contributed by atoms with Gasteiger partial charge in [0, 0.05) is 5.56 Å².